The number of hydrogen-bond donors (Lipinski definition) is 1. The van der Waals surface area contributed by atoms with Crippen molar-refractivity contribution in [2.75, 3.05) is 11.9 Å². The zero-order chi connectivity index (χ0) is 14.3. The van der Waals surface area contributed by atoms with Crippen LogP contribution in [0.5, 0.6) is 0 Å². The van der Waals surface area contributed by atoms with Crippen molar-refractivity contribution in [2.45, 2.75) is 40.0 Å². The molecule has 1 rings (SSSR count). The topological polar surface area (TPSA) is 55.4 Å². The van der Waals surface area contributed by atoms with Gasteiger partial charge < -0.3 is 10.1 Å². The van der Waals surface area contributed by atoms with Gasteiger partial charge in [0.25, 0.3) is 0 Å². The van der Waals surface area contributed by atoms with Crippen LogP contribution >= 0.6 is 0 Å². The minimum absolute atomic E-state index is 0.118. The Morgan fingerprint density at radius 3 is 2.58 bits per heavy atom. The van der Waals surface area contributed by atoms with Crippen LogP contribution in [0.4, 0.5) is 5.69 Å². The van der Waals surface area contributed by atoms with Crippen LogP contribution in [-0.4, -0.2) is 18.5 Å². The maximum absolute atomic E-state index is 11.8. The van der Waals surface area contributed by atoms with Crippen LogP contribution in [0.2, 0.25) is 0 Å². The Labute approximate surface area is 114 Å². The van der Waals surface area contributed by atoms with E-state index in [1.807, 2.05) is 32.0 Å². The number of benzene rings is 1. The number of hydrogen-bond acceptors (Lipinski definition) is 3. The minimum atomic E-state index is -0.335. The number of nitrogens with one attached hydrogen (secondary N) is 1. The van der Waals surface area contributed by atoms with Gasteiger partial charge in [-0.15, -0.1) is 0 Å². The summed E-state index contributed by atoms with van der Waals surface area (Å²) < 4.78 is 4.79. The normalized spacial score (nSPS) is 10.1. The first kappa shape index (κ1) is 15.2. The minimum Gasteiger partial charge on any atom is -0.466 e. The van der Waals surface area contributed by atoms with Gasteiger partial charge in [0.1, 0.15) is 0 Å². The molecule has 0 aliphatic rings. The monoisotopic (exact) mass is 263 g/mol. The van der Waals surface area contributed by atoms with Crippen LogP contribution < -0.4 is 5.32 Å². The van der Waals surface area contributed by atoms with E-state index in [0.717, 1.165) is 23.2 Å². The number of rotatable bonds is 6. The highest BCUT2D eigenvalue weighted by Gasteiger charge is 2.11. The van der Waals surface area contributed by atoms with E-state index >= 15 is 0 Å². The Morgan fingerprint density at radius 1 is 1.21 bits per heavy atom. The van der Waals surface area contributed by atoms with Crippen molar-refractivity contribution in [3.05, 3.63) is 29.3 Å². The van der Waals surface area contributed by atoms with Gasteiger partial charge in [0.2, 0.25) is 5.91 Å². The number of esters is 1. The van der Waals surface area contributed by atoms with Crippen molar-refractivity contribution in [3.63, 3.8) is 0 Å². The van der Waals surface area contributed by atoms with Crippen LogP contribution in [-0.2, 0) is 20.7 Å². The van der Waals surface area contributed by atoms with Crippen LogP contribution in [0, 0.1) is 6.92 Å². The second kappa shape index (κ2) is 7.56. The third-order valence-electron chi connectivity index (χ3n) is 2.87. The van der Waals surface area contributed by atoms with Crippen molar-refractivity contribution in [1.29, 1.82) is 0 Å². The summed E-state index contributed by atoms with van der Waals surface area (Å²) in [6, 6.07) is 5.93. The third kappa shape index (κ3) is 4.73. The fraction of sp³-hybridized carbons (Fsp3) is 0.467. The lowest BCUT2D eigenvalue weighted by molar-refractivity contribution is -0.144. The van der Waals surface area contributed by atoms with Gasteiger partial charge in [-0.25, -0.2) is 0 Å². The molecule has 1 aromatic carbocycles. The molecular formula is C15H21NO3. The summed E-state index contributed by atoms with van der Waals surface area (Å²) in [5.74, 6) is -0.491. The Kier molecular flexibility index (Phi) is 6.06. The first-order valence-electron chi connectivity index (χ1n) is 6.62. The Morgan fingerprint density at radius 2 is 1.95 bits per heavy atom. The largest absolute Gasteiger partial charge is 0.466 e. The van der Waals surface area contributed by atoms with E-state index in [-0.39, 0.29) is 24.7 Å². The molecular weight excluding hydrogens is 242 g/mol. The van der Waals surface area contributed by atoms with Crippen LogP contribution in [0.25, 0.3) is 0 Å². The maximum Gasteiger partial charge on any atom is 0.306 e. The van der Waals surface area contributed by atoms with Crippen LogP contribution in [0.3, 0.4) is 0 Å². The molecule has 0 aliphatic carbocycles. The fourth-order valence-electron chi connectivity index (χ4n) is 1.85. The Hall–Kier alpha value is -1.84. The molecule has 0 bridgehead atoms. The van der Waals surface area contributed by atoms with Gasteiger partial charge in [0.15, 0.2) is 0 Å². The first-order chi connectivity index (χ1) is 9.08. The van der Waals surface area contributed by atoms with Gasteiger partial charge in [-0.3, -0.25) is 9.59 Å². The number of ether oxygens (including phenoxy) is 1. The molecule has 0 spiro atoms. The first-order valence-corrected chi connectivity index (χ1v) is 6.62. The Bertz CT molecular complexity index is 455. The molecule has 0 aliphatic heterocycles. The molecule has 0 radical (unpaired) electrons. The summed E-state index contributed by atoms with van der Waals surface area (Å²) in [4.78, 5) is 23.0. The van der Waals surface area contributed by atoms with Crippen molar-refractivity contribution in [1.82, 2.24) is 0 Å². The number of anilines is 1. The van der Waals surface area contributed by atoms with Crippen molar-refractivity contribution < 1.29 is 14.3 Å². The molecule has 0 saturated heterocycles. The van der Waals surface area contributed by atoms with Crippen molar-refractivity contribution >= 4 is 17.6 Å². The summed E-state index contributed by atoms with van der Waals surface area (Å²) in [5, 5.41) is 2.88. The lowest BCUT2D eigenvalue weighted by Crippen LogP contribution is -2.16. The number of amides is 1. The molecule has 4 heteroatoms. The van der Waals surface area contributed by atoms with Gasteiger partial charge in [-0.05, 0) is 31.4 Å². The van der Waals surface area contributed by atoms with Gasteiger partial charge in [-0.1, -0.05) is 25.1 Å². The summed E-state index contributed by atoms with van der Waals surface area (Å²) in [7, 11) is 0. The number of carbonyl (C=O) groups excluding carboxylic acids is 2. The van der Waals surface area contributed by atoms with E-state index in [0.29, 0.717) is 6.61 Å². The smallest absolute Gasteiger partial charge is 0.306 e. The molecule has 0 unspecified atom stereocenters. The molecule has 0 heterocycles. The summed E-state index contributed by atoms with van der Waals surface area (Å²) in [5.41, 5.74) is 2.99. The zero-order valence-corrected chi connectivity index (χ0v) is 11.8. The third-order valence-corrected chi connectivity index (χ3v) is 2.87. The van der Waals surface area contributed by atoms with Gasteiger partial charge >= 0.3 is 5.97 Å². The fourth-order valence-corrected chi connectivity index (χ4v) is 1.85. The maximum atomic E-state index is 11.8. The van der Waals surface area contributed by atoms with Gasteiger partial charge in [0, 0.05) is 12.1 Å². The molecule has 0 saturated carbocycles. The van der Waals surface area contributed by atoms with E-state index in [1.54, 1.807) is 6.92 Å². The van der Waals surface area contributed by atoms with Gasteiger partial charge in [0.05, 0.1) is 13.0 Å². The highest BCUT2D eigenvalue weighted by Crippen LogP contribution is 2.21. The van der Waals surface area contributed by atoms with Crippen LogP contribution in [0.1, 0.15) is 37.8 Å². The van der Waals surface area contributed by atoms with Crippen LogP contribution in [0.15, 0.2) is 18.2 Å². The van der Waals surface area contributed by atoms with Gasteiger partial charge in [-0.2, -0.15) is 0 Å². The average molecular weight is 263 g/mol. The molecule has 1 amide bonds. The average Bonchev–Trinajstić information content (AvgIpc) is 2.39. The number of carbonyl (C=O) groups is 2. The lowest BCUT2D eigenvalue weighted by atomic mass is 10.1. The zero-order valence-electron chi connectivity index (χ0n) is 11.8. The van der Waals surface area contributed by atoms with E-state index in [9.17, 15) is 9.59 Å². The standard InChI is InChI=1S/C15H21NO3/c1-4-12-8-6-7-11(3)15(12)16-13(17)9-10-14(18)19-5-2/h6-8H,4-5,9-10H2,1-3H3,(H,16,17). The van der Waals surface area contributed by atoms with Crippen molar-refractivity contribution in [3.8, 4) is 0 Å². The predicted molar refractivity (Wildman–Crippen MR) is 75.1 cm³/mol. The van der Waals surface area contributed by atoms with E-state index < -0.39 is 0 Å². The summed E-state index contributed by atoms with van der Waals surface area (Å²) in [6.07, 6.45) is 1.12. The molecule has 0 aromatic heterocycles. The predicted octanol–water partition coefficient (Wildman–Crippen LogP) is 2.84. The SMILES string of the molecule is CCOC(=O)CCC(=O)Nc1c(C)cccc1CC. The summed E-state index contributed by atoms with van der Waals surface area (Å²) in [6.45, 7) is 6.10. The number of aryl methyl sites for hydroxylation is 2. The van der Waals surface area contributed by atoms with E-state index in [2.05, 4.69) is 5.32 Å². The number of para-hydroxylation sites is 1. The summed E-state index contributed by atoms with van der Waals surface area (Å²) >= 11 is 0. The molecule has 0 fully saturated rings. The van der Waals surface area contributed by atoms with E-state index in [1.165, 1.54) is 0 Å². The highest BCUT2D eigenvalue weighted by molar-refractivity contribution is 5.94. The molecule has 19 heavy (non-hydrogen) atoms. The Balaban J connectivity index is 2.60. The molecule has 0 atom stereocenters. The lowest BCUT2D eigenvalue weighted by Gasteiger charge is -2.12. The van der Waals surface area contributed by atoms with E-state index in [4.69, 9.17) is 4.74 Å². The molecule has 1 aromatic rings. The second-order valence-corrected chi connectivity index (χ2v) is 4.32. The molecule has 104 valence electrons. The molecule has 4 nitrogen and oxygen atoms in total. The highest BCUT2D eigenvalue weighted by atomic mass is 16.5. The second-order valence-electron chi connectivity index (χ2n) is 4.32. The quantitative estimate of drug-likeness (QED) is 0.803. The van der Waals surface area contributed by atoms with Crippen molar-refractivity contribution in [2.24, 2.45) is 0 Å². The molecule has 1 N–H and O–H groups in total.